The van der Waals surface area contributed by atoms with Crippen LogP contribution in [0.2, 0.25) is 0 Å². The van der Waals surface area contributed by atoms with Crippen molar-refractivity contribution < 1.29 is 0 Å². The molecule has 2 aliphatic rings. The quantitative estimate of drug-likeness (QED) is 0.313. The Bertz CT molecular complexity index is 379. The Morgan fingerprint density at radius 1 is 0.444 bits per heavy atom. The SMILES string of the molecule is ClC1CC(Cl)CC(CC(Cl)(Cl)CC2CC(Cl)CC(Cl)CC(Cl)C2)CC(Cl)C1. The number of hydrogen-bond acceptors (Lipinski definition) is 0. The monoisotopic (exact) mass is 536 g/mol. The summed E-state index contributed by atoms with van der Waals surface area (Å²) in [4.78, 5) is 0. The third-order valence-electron chi connectivity index (χ3n) is 5.58. The van der Waals surface area contributed by atoms with E-state index in [0.717, 1.165) is 51.4 Å². The van der Waals surface area contributed by atoms with Gasteiger partial charge in [0.1, 0.15) is 4.33 Å². The molecule has 0 saturated heterocycles. The standard InChI is InChI=1S/C19H28Cl8/c20-13-1-11(2-14(21)6-17(24)5-13)9-19(26,27)10-12-3-15(22)7-18(25)8-16(23)4-12/h11-18H,1-10H2. The summed E-state index contributed by atoms with van der Waals surface area (Å²) in [7, 11) is 0. The van der Waals surface area contributed by atoms with Crippen molar-refractivity contribution in [1.29, 1.82) is 0 Å². The van der Waals surface area contributed by atoms with Crippen LogP contribution in [0.15, 0.2) is 0 Å². The Hall–Kier alpha value is 2.32. The first-order valence-electron chi connectivity index (χ1n) is 9.74. The third kappa shape index (κ3) is 9.99. The Kier molecular flexibility index (Phi) is 11.2. The molecule has 0 nitrogen and oxygen atoms in total. The van der Waals surface area contributed by atoms with Gasteiger partial charge in [0, 0.05) is 32.3 Å². The van der Waals surface area contributed by atoms with Gasteiger partial charge in [0.05, 0.1) is 0 Å². The first kappa shape index (κ1) is 25.6. The summed E-state index contributed by atoms with van der Waals surface area (Å²) in [6.45, 7) is 0. The van der Waals surface area contributed by atoms with E-state index in [0.29, 0.717) is 12.8 Å². The molecule has 2 aliphatic carbocycles. The predicted octanol–water partition coefficient (Wildman–Crippen LogP) is 8.97. The van der Waals surface area contributed by atoms with Gasteiger partial charge in [0.15, 0.2) is 0 Å². The van der Waals surface area contributed by atoms with Gasteiger partial charge >= 0.3 is 0 Å². The maximum atomic E-state index is 6.78. The summed E-state index contributed by atoms with van der Waals surface area (Å²) in [6, 6.07) is 0. The van der Waals surface area contributed by atoms with E-state index in [1.807, 2.05) is 0 Å². The van der Waals surface area contributed by atoms with Gasteiger partial charge in [-0.05, 0) is 76.0 Å². The molecule has 0 amide bonds. The first-order valence-corrected chi connectivity index (χ1v) is 13.1. The molecule has 0 aromatic carbocycles. The van der Waals surface area contributed by atoms with Crippen LogP contribution in [0.4, 0.5) is 0 Å². The van der Waals surface area contributed by atoms with E-state index in [4.69, 9.17) is 92.8 Å². The second-order valence-electron chi connectivity index (χ2n) is 8.47. The molecule has 27 heavy (non-hydrogen) atoms. The Balaban J connectivity index is 1.95. The summed E-state index contributed by atoms with van der Waals surface area (Å²) in [6.07, 6.45) is 7.76. The van der Waals surface area contributed by atoms with Crippen molar-refractivity contribution in [2.24, 2.45) is 11.8 Å². The van der Waals surface area contributed by atoms with Crippen LogP contribution in [0, 0.1) is 11.8 Å². The number of alkyl halides is 8. The van der Waals surface area contributed by atoms with Crippen LogP contribution >= 0.6 is 92.8 Å². The zero-order valence-corrected chi connectivity index (χ0v) is 21.3. The van der Waals surface area contributed by atoms with E-state index in [-0.39, 0.29) is 44.1 Å². The second kappa shape index (κ2) is 11.8. The van der Waals surface area contributed by atoms with Crippen molar-refractivity contribution in [3.05, 3.63) is 0 Å². The van der Waals surface area contributed by atoms with Gasteiger partial charge in [-0.15, -0.1) is 92.8 Å². The number of hydrogen-bond donors (Lipinski definition) is 0. The van der Waals surface area contributed by atoms with Gasteiger partial charge in [-0.25, -0.2) is 0 Å². The fraction of sp³-hybridized carbons (Fsp3) is 1.00. The zero-order valence-electron chi connectivity index (χ0n) is 15.2. The van der Waals surface area contributed by atoms with Crippen molar-refractivity contribution in [2.75, 3.05) is 0 Å². The highest BCUT2D eigenvalue weighted by molar-refractivity contribution is 6.48. The molecule has 4 atom stereocenters. The third-order valence-corrected chi connectivity index (χ3v) is 8.33. The maximum absolute atomic E-state index is 6.78. The van der Waals surface area contributed by atoms with Gasteiger partial charge in [-0.2, -0.15) is 0 Å². The molecule has 0 heterocycles. The topological polar surface area (TPSA) is 0 Å². The highest BCUT2D eigenvalue weighted by atomic mass is 35.5. The molecule has 8 heteroatoms. The van der Waals surface area contributed by atoms with Gasteiger partial charge in [-0.3, -0.25) is 0 Å². The molecule has 4 unspecified atom stereocenters. The summed E-state index contributed by atoms with van der Waals surface area (Å²) in [5, 5.41) is 0.212. The van der Waals surface area contributed by atoms with Crippen molar-refractivity contribution in [3.63, 3.8) is 0 Å². The molecule has 2 saturated carbocycles. The van der Waals surface area contributed by atoms with E-state index in [1.165, 1.54) is 0 Å². The van der Waals surface area contributed by atoms with Crippen LogP contribution in [0.5, 0.6) is 0 Å². The van der Waals surface area contributed by atoms with Gasteiger partial charge < -0.3 is 0 Å². The minimum absolute atomic E-state index is 0.0345. The van der Waals surface area contributed by atoms with Crippen molar-refractivity contribution in [1.82, 2.24) is 0 Å². The Morgan fingerprint density at radius 3 is 0.926 bits per heavy atom. The lowest BCUT2D eigenvalue weighted by atomic mass is 9.82. The molecular formula is C19H28Cl8. The molecule has 160 valence electrons. The molecule has 0 spiro atoms. The van der Waals surface area contributed by atoms with E-state index >= 15 is 0 Å². The molecule has 0 aromatic heterocycles. The van der Waals surface area contributed by atoms with Crippen LogP contribution in [-0.2, 0) is 0 Å². The highest BCUT2D eigenvalue weighted by Crippen LogP contribution is 2.44. The number of halogens is 8. The largest absolute Gasteiger partial charge is 0.123 e. The molecule has 0 bridgehead atoms. The lowest BCUT2D eigenvalue weighted by Gasteiger charge is -2.35. The minimum atomic E-state index is -0.838. The first-order chi connectivity index (χ1) is 12.5. The fourth-order valence-electron chi connectivity index (χ4n) is 4.59. The van der Waals surface area contributed by atoms with Crippen LogP contribution in [0.3, 0.4) is 0 Å². The van der Waals surface area contributed by atoms with Gasteiger partial charge in [0.2, 0.25) is 0 Å². The van der Waals surface area contributed by atoms with Crippen LogP contribution in [-0.4, -0.2) is 36.6 Å². The minimum Gasteiger partial charge on any atom is -0.123 e. The Labute approximate surface area is 204 Å². The second-order valence-corrected chi connectivity index (χ2v) is 13.8. The van der Waals surface area contributed by atoms with E-state index in [9.17, 15) is 0 Å². The molecular weight excluding hydrogens is 512 g/mol. The predicted molar refractivity (Wildman–Crippen MR) is 125 cm³/mol. The van der Waals surface area contributed by atoms with E-state index in [1.54, 1.807) is 0 Å². The Morgan fingerprint density at radius 2 is 0.667 bits per heavy atom. The van der Waals surface area contributed by atoms with Gasteiger partial charge in [0.25, 0.3) is 0 Å². The molecule has 0 aliphatic heterocycles. The van der Waals surface area contributed by atoms with Gasteiger partial charge in [-0.1, -0.05) is 0 Å². The maximum Gasteiger partial charge on any atom is 0.118 e. The van der Waals surface area contributed by atoms with Crippen LogP contribution in [0.25, 0.3) is 0 Å². The van der Waals surface area contributed by atoms with Crippen LogP contribution < -0.4 is 0 Å². The molecule has 0 aromatic rings. The summed E-state index contributed by atoms with van der Waals surface area (Å²) in [5.41, 5.74) is 0. The van der Waals surface area contributed by atoms with E-state index < -0.39 is 4.33 Å². The highest BCUT2D eigenvalue weighted by Gasteiger charge is 2.36. The molecule has 0 radical (unpaired) electrons. The average molecular weight is 540 g/mol. The normalized spacial score (nSPS) is 42.7. The van der Waals surface area contributed by atoms with E-state index in [2.05, 4.69) is 0 Å². The smallest absolute Gasteiger partial charge is 0.118 e. The summed E-state index contributed by atoms with van der Waals surface area (Å²) in [5.74, 6) is 0.571. The summed E-state index contributed by atoms with van der Waals surface area (Å²) < 4.78 is -0.838. The lowest BCUT2D eigenvalue weighted by Crippen LogP contribution is -2.31. The number of rotatable bonds is 4. The van der Waals surface area contributed by atoms with Crippen molar-refractivity contribution in [3.8, 4) is 0 Å². The summed E-state index contributed by atoms with van der Waals surface area (Å²) >= 11 is 52.1. The fourth-order valence-corrected chi connectivity index (χ4v) is 8.55. The molecule has 0 N–H and O–H groups in total. The van der Waals surface area contributed by atoms with Crippen LogP contribution in [0.1, 0.15) is 64.2 Å². The average Bonchev–Trinajstić information content (AvgIpc) is 2.41. The molecule has 2 fully saturated rings. The molecule has 2 rings (SSSR count). The zero-order chi connectivity index (χ0) is 20.2. The lowest BCUT2D eigenvalue weighted by molar-refractivity contribution is 0.307. The van der Waals surface area contributed by atoms with Crippen molar-refractivity contribution in [2.45, 2.75) is 101 Å². The van der Waals surface area contributed by atoms with Crippen molar-refractivity contribution >= 4 is 92.8 Å².